The van der Waals surface area contributed by atoms with Gasteiger partial charge in [0, 0.05) is 41.8 Å². The van der Waals surface area contributed by atoms with Crippen LogP contribution in [0.4, 0.5) is 14.9 Å². The first-order valence-corrected chi connectivity index (χ1v) is 13.7. The number of amides is 2. The van der Waals surface area contributed by atoms with Gasteiger partial charge >= 0.3 is 6.09 Å². The standard InChI is InChI=1S/C30H33FN6O5/c1-30(2,3)42-29(39)34-22-12-10-18(11-13-22)28(38)36-24(15-20-6-4-5-7-26(20)37(40)41)27-33-17-25(35-27)19-8-9-21(16-32)23(31)14-19/h4-9,14,17-18,22,24H,10-13,15H2,1-3H3,(H,33,35)(H,34,39)(H,36,38)/t18-,22-,24-/m0/s1. The summed E-state index contributed by atoms with van der Waals surface area (Å²) in [6.07, 6.45) is 3.44. The van der Waals surface area contributed by atoms with Gasteiger partial charge in [0.25, 0.3) is 5.69 Å². The molecule has 0 bridgehead atoms. The molecule has 4 rings (SSSR count). The van der Waals surface area contributed by atoms with E-state index in [1.165, 1.54) is 18.2 Å². The molecule has 2 aromatic carbocycles. The second-order valence-electron chi connectivity index (χ2n) is 11.3. The van der Waals surface area contributed by atoms with E-state index in [1.54, 1.807) is 57.3 Å². The Bertz CT molecular complexity index is 1500. The maximum atomic E-state index is 14.2. The van der Waals surface area contributed by atoms with Gasteiger partial charge in [-0.1, -0.05) is 24.3 Å². The zero-order chi connectivity index (χ0) is 30.4. The van der Waals surface area contributed by atoms with Crippen LogP contribution in [0.5, 0.6) is 0 Å². The number of nitro groups is 1. The normalized spacial score (nSPS) is 17.5. The number of aromatic nitrogens is 2. The van der Waals surface area contributed by atoms with E-state index >= 15 is 0 Å². The molecule has 12 heteroatoms. The van der Waals surface area contributed by atoms with Gasteiger partial charge in [-0.05, 0) is 58.6 Å². The molecule has 0 spiro atoms. The van der Waals surface area contributed by atoms with Gasteiger partial charge in [-0.2, -0.15) is 5.26 Å². The van der Waals surface area contributed by atoms with Crippen LogP contribution in [-0.2, 0) is 16.0 Å². The Morgan fingerprint density at radius 1 is 1.21 bits per heavy atom. The molecule has 1 saturated carbocycles. The Balaban J connectivity index is 1.50. The van der Waals surface area contributed by atoms with Crippen molar-refractivity contribution in [3.63, 3.8) is 0 Å². The summed E-state index contributed by atoms with van der Waals surface area (Å²) in [5.74, 6) is -0.878. The summed E-state index contributed by atoms with van der Waals surface area (Å²) in [6.45, 7) is 5.37. The quantitative estimate of drug-likeness (QED) is 0.236. The first kappa shape index (κ1) is 30.2. The van der Waals surface area contributed by atoms with Crippen molar-refractivity contribution >= 4 is 17.7 Å². The number of nitriles is 1. The van der Waals surface area contributed by atoms with Crippen molar-refractivity contribution in [2.75, 3.05) is 0 Å². The molecule has 0 aliphatic heterocycles. The number of rotatable bonds is 8. The molecular weight excluding hydrogens is 543 g/mol. The molecular formula is C30H33FN6O5. The fourth-order valence-electron chi connectivity index (χ4n) is 4.99. The molecule has 11 nitrogen and oxygen atoms in total. The van der Waals surface area contributed by atoms with Crippen LogP contribution < -0.4 is 10.6 Å². The van der Waals surface area contributed by atoms with E-state index in [0.29, 0.717) is 48.3 Å². The van der Waals surface area contributed by atoms with E-state index in [4.69, 9.17) is 10.00 Å². The van der Waals surface area contributed by atoms with Crippen molar-refractivity contribution in [2.45, 2.75) is 70.6 Å². The van der Waals surface area contributed by atoms with E-state index in [0.717, 1.165) is 0 Å². The molecule has 1 aromatic heterocycles. The number of carbonyl (C=O) groups excluding carboxylic acids is 2. The predicted octanol–water partition coefficient (Wildman–Crippen LogP) is 5.48. The number of benzene rings is 2. The van der Waals surface area contributed by atoms with E-state index in [1.807, 2.05) is 0 Å². The van der Waals surface area contributed by atoms with Crippen LogP contribution in [0.25, 0.3) is 11.3 Å². The fraction of sp³-hybridized carbons (Fsp3) is 0.400. The Morgan fingerprint density at radius 2 is 1.93 bits per heavy atom. The number of nitrogens with zero attached hydrogens (tertiary/aromatic N) is 3. The van der Waals surface area contributed by atoms with E-state index in [-0.39, 0.29) is 35.5 Å². The first-order chi connectivity index (χ1) is 19.9. The van der Waals surface area contributed by atoms with Gasteiger partial charge in [-0.3, -0.25) is 14.9 Å². The topological polar surface area (TPSA) is 163 Å². The van der Waals surface area contributed by atoms with Crippen LogP contribution >= 0.6 is 0 Å². The summed E-state index contributed by atoms with van der Waals surface area (Å²) in [6, 6.07) is 11.4. The average Bonchev–Trinajstić information content (AvgIpc) is 3.42. The lowest BCUT2D eigenvalue weighted by Crippen LogP contribution is -2.43. The first-order valence-electron chi connectivity index (χ1n) is 13.7. The van der Waals surface area contributed by atoms with Gasteiger partial charge in [0.15, 0.2) is 0 Å². The number of alkyl carbamates (subject to hydrolysis) is 1. The summed E-state index contributed by atoms with van der Waals surface area (Å²) in [4.78, 5) is 44.4. The molecule has 42 heavy (non-hydrogen) atoms. The fourth-order valence-corrected chi connectivity index (χ4v) is 4.99. The van der Waals surface area contributed by atoms with Gasteiger partial charge in [0.2, 0.25) is 5.91 Å². The smallest absolute Gasteiger partial charge is 0.407 e. The van der Waals surface area contributed by atoms with Crippen molar-refractivity contribution in [1.82, 2.24) is 20.6 Å². The number of aromatic amines is 1. The number of ether oxygens (including phenoxy) is 1. The highest BCUT2D eigenvalue weighted by Crippen LogP contribution is 2.29. The molecule has 0 radical (unpaired) electrons. The van der Waals surface area contributed by atoms with Crippen molar-refractivity contribution in [1.29, 1.82) is 5.26 Å². The highest BCUT2D eigenvalue weighted by atomic mass is 19.1. The molecule has 3 N–H and O–H groups in total. The third-order valence-electron chi connectivity index (χ3n) is 7.06. The van der Waals surface area contributed by atoms with Gasteiger partial charge in [0.05, 0.1) is 22.2 Å². The molecule has 1 atom stereocenters. The molecule has 1 fully saturated rings. The minimum atomic E-state index is -0.742. The maximum Gasteiger partial charge on any atom is 0.407 e. The molecule has 220 valence electrons. The summed E-state index contributed by atoms with van der Waals surface area (Å²) in [7, 11) is 0. The average molecular weight is 577 g/mol. The molecule has 1 aliphatic carbocycles. The molecule has 0 unspecified atom stereocenters. The van der Waals surface area contributed by atoms with E-state index in [2.05, 4.69) is 20.6 Å². The summed E-state index contributed by atoms with van der Waals surface area (Å²) >= 11 is 0. The minimum Gasteiger partial charge on any atom is -0.444 e. The number of para-hydroxylation sites is 1. The molecule has 1 heterocycles. The van der Waals surface area contributed by atoms with Crippen LogP contribution in [0.1, 0.15) is 69.4 Å². The maximum absolute atomic E-state index is 14.2. The van der Waals surface area contributed by atoms with Gasteiger partial charge in [-0.25, -0.2) is 14.2 Å². The Kier molecular flexibility index (Phi) is 9.20. The second kappa shape index (κ2) is 12.8. The summed E-state index contributed by atoms with van der Waals surface area (Å²) in [5, 5.41) is 26.6. The number of carbonyl (C=O) groups is 2. The predicted molar refractivity (Wildman–Crippen MR) is 151 cm³/mol. The lowest BCUT2D eigenvalue weighted by atomic mass is 9.85. The zero-order valence-electron chi connectivity index (χ0n) is 23.6. The molecule has 0 saturated heterocycles. The number of nitro benzene ring substituents is 1. The summed E-state index contributed by atoms with van der Waals surface area (Å²) < 4.78 is 19.6. The van der Waals surface area contributed by atoms with Crippen molar-refractivity contribution in [3.8, 4) is 17.3 Å². The molecule has 3 aromatic rings. The van der Waals surface area contributed by atoms with Crippen LogP contribution in [0.2, 0.25) is 0 Å². The lowest BCUT2D eigenvalue weighted by molar-refractivity contribution is -0.385. The SMILES string of the molecule is CC(C)(C)OC(=O)N[C@H]1CC[C@H](C(=O)N[C@@H](Cc2ccccc2[N+](=O)[O-])c2nc(-c3ccc(C#N)c(F)c3)c[nH]2)CC1. The van der Waals surface area contributed by atoms with Crippen LogP contribution in [0.3, 0.4) is 0 Å². The Hall–Kier alpha value is -4.79. The minimum absolute atomic E-state index is 0.0774. The largest absolute Gasteiger partial charge is 0.444 e. The number of hydrogen-bond acceptors (Lipinski definition) is 7. The van der Waals surface area contributed by atoms with Gasteiger partial charge in [0.1, 0.15) is 23.3 Å². The van der Waals surface area contributed by atoms with Gasteiger partial charge < -0.3 is 20.4 Å². The lowest BCUT2D eigenvalue weighted by Gasteiger charge is -2.30. The Morgan fingerprint density at radius 3 is 2.57 bits per heavy atom. The van der Waals surface area contributed by atoms with Crippen LogP contribution in [0.15, 0.2) is 48.7 Å². The van der Waals surface area contributed by atoms with Crippen molar-refractivity contribution in [2.24, 2.45) is 5.92 Å². The monoisotopic (exact) mass is 576 g/mol. The third-order valence-corrected chi connectivity index (χ3v) is 7.06. The number of imidazole rings is 1. The summed E-state index contributed by atoms with van der Waals surface area (Å²) in [5.41, 5.74) is 0.465. The van der Waals surface area contributed by atoms with Crippen LogP contribution in [-0.4, -0.2) is 38.5 Å². The highest BCUT2D eigenvalue weighted by Gasteiger charge is 2.31. The Labute approximate surface area is 242 Å². The van der Waals surface area contributed by atoms with Crippen molar-refractivity contribution < 1.29 is 23.6 Å². The zero-order valence-corrected chi connectivity index (χ0v) is 23.6. The number of halogens is 1. The van der Waals surface area contributed by atoms with Crippen molar-refractivity contribution in [3.05, 3.63) is 81.5 Å². The number of H-pyrrole nitrogens is 1. The van der Waals surface area contributed by atoms with E-state index in [9.17, 15) is 24.1 Å². The molecule has 1 aliphatic rings. The van der Waals surface area contributed by atoms with E-state index < -0.39 is 28.5 Å². The van der Waals surface area contributed by atoms with Gasteiger partial charge in [-0.15, -0.1) is 0 Å². The molecule has 2 amide bonds. The van der Waals surface area contributed by atoms with Crippen LogP contribution in [0, 0.1) is 33.2 Å². The second-order valence-corrected chi connectivity index (χ2v) is 11.3. The number of nitrogens with one attached hydrogen (secondary N) is 3. The third kappa shape index (κ3) is 7.69. The highest BCUT2D eigenvalue weighted by molar-refractivity contribution is 5.79. The number of hydrogen-bond donors (Lipinski definition) is 3.